The summed E-state index contributed by atoms with van der Waals surface area (Å²) in [4.78, 5) is 5.07. The lowest BCUT2D eigenvalue weighted by Crippen LogP contribution is -2.24. The highest BCUT2D eigenvalue weighted by molar-refractivity contribution is 7.80. The van der Waals surface area contributed by atoms with Gasteiger partial charge in [0.05, 0.1) is 11.7 Å². The van der Waals surface area contributed by atoms with Gasteiger partial charge >= 0.3 is 0 Å². The lowest BCUT2D eigenvalue weighted by atomic mass is 10.00. The largest absolute Gasteiger partial charge is 0.412 e. The minimum atomic E-state index is -2.65. The summed E-state index contributed by atoms with van der Waals surface area (Å²) in [5.41, 5.74) is 2.88. The van der Waals surface area contributed by atoms with Crippen LogP contribution in [0.3, 0.4) is 0 Å². The standard InChI is InChI=1S/C15H13F2N5OS2.C2H7N.H2O/c16-12(17)14-19-20-15(25-14)13-18-6-11-10(5-9(24)7-22(11)13)8-1-3-21(23)4-2-8;1-3-2;/h1,5-7,12,23-24H,2-4H2;3H,1-2H3;1H2. The van der Waals surface area contributed by atoms with E-state index < -0.39 is 6.43 Å². The van der Waals surface area contributed by atoms with Gasteiger partial charge in [0.2, 0.25) is 0 Å². The Labute approximate surface area is 175 Å². The monoisotopic (exact) mass is 444 g/mol. The van der Waals surface area contributed by atoms with Gasteiger partial charge in [0, 0.05) is 29.7 Å². The molecule has 29 heavy (non-hydrogen) atoms. The van der Waals surface area contributed by atoms with Crippen molar-refractivity contribution in [3.05, 3.63) is 35.1 Å². The van der Waals surface area contributed by atoms with E-state index in [1.165, 1.54) is 5.06 Å². The third-order valence-corrected chi connectivity index (χ3v) is 5.15. The Balaban J connectivity index is 0.000000708. The molecule has 3 aromatic heterocycles. The maximum atomic E-state index is 12.8. The van der Waals surface area contributed by atoms with Crippen LogP contribution in [0.15, 0.2) is 29.4 Å². The van der Waals surface area contributed by atoms with E-state index in [0.29, 0.717) is 35.2 Å². The van der Waals surface area contributed by atoms with Crippen LogP contribution in [0.5, 0.6) is 0 Å². The summed E-state index contributed by atoms with van der Waals surface area (Å²) in [6.07, 6.45) is 3.46. The second-order valence-electron chi connectivity index (χ2n) is 6.09. The van der Waals surface area contributed by atoms with Crippen LogP contribution in [0, 0.1) is 0 Å². The van der Waals surface area contributed by atoms with E-state index in [-0.39, 0.29) is 10.5 Å². The first-order valence-electron chi connectivity index (χ1n) is 8.48. The average Bonchev–Trinajstić information content (AvgIpc) is 3.29. The minimum absolute atomic E-state index is 0. The average molecular weight is 445 g/mol. The number of aromatic nitrogens is 4. The third-order valence-electron chi connectivity index (χ3n) is 3.98. The summed E-state index contributed by atoms with van der Waals surface area (Å²) in [6.45, 7) is 0.997. The van der Waals surface area contributed by atoms with Gasteiger partial charge in [-0.05, 0) is 32.2 Å². The molecule has 0 atom stereocenters. The highest BCUT2D eigenvalue weighted by Gasteiger charge is 2.20. The number of thiol groups is 1. The molecule has 12 heteroatoms. The zero-order chi connectivity index (χ0) is 20.3. The Morgan fingerprint density at radius 2 is 2.03 bits per heavy atom. The Morgan fingerprint density at radius 1 is 1.31 bits per heavy atom. The molecule has 0 unspecified atom stereocenters. The zero-order valence-electron chi connectivity index (χ0n) is 15.8. The summed E-state index contributed by atoms with van der Waals surface area (Å²) >= 11 is 5.28. The molecule has 0 spiro atoms. The fourth-order valence-electron chi connectivity index (χ4n) is 2.81. The lowest BCUT2D eigenvalue weighted by molar-refractivity contribution is -0.0807. The summed E-state index contributed by atoms with van der Waals surface area (Å²) < 4.78 is 27.3. The molecule has 4 N–H and O–H groups in total. The molecule has 0 amide bonds. The first-order valence-corrected chi connectivity index (χ1v) is 9.74. The zero-order valence-corrected chi connectivity index (χ0v) is 17.5. The van der Waals surface area contributed by atoms with Crippen molar-refractivity contribution in [3.63, 3.8) is 0 Å². The summed E-state index contributed by atoms with van der Waals surface area (Å²) in [5.74, 6) is 0.455. The number of hydrogen-bond acceptors (Lipinski definition) is 8. The quantitative estimate of drug-likeness (QED) is 0.536. The fourth-order valence-corrected chi connectivity index (χ4v) is 3.75. The number of hydrogen-bond donors (Lipinski definition) is 3. The molecule has 0 aromatic carbocycles. The number of nitrogens with one attached hydrogen (secondary N) is 1. The Hall–Kier alpha value is -1.96. The van der Waals surface area contributed by atoms with Gasteiger partial charge in [-0.1, -0.05) is 17.4 Å². The lowest BCUT2D eigenvalue weighted by Gasteiger charge is -2.21. The van der Waals surface area contributed by atoms with Crippen molar-refractivity contribution in [2.45, 2.75) is 17.7 Å². The normalized spacial score (nSPS) is 14.4. The van der Waals surface area contributed by atoms with Crippen LogP contribution >= 0.6 is 24.0 Å². The number of nitrogens with zero attached hydrogens (tertiary/aromatic N) is 5. The second-order valence-corrected chi connectivity index (χ2v) is 7.61. The van der Waals surface area contributed by atoms with Crippen LogP contribution in [0.1, 0.15) is 23.4 Å². The molecule has 8 nitrogen and oxygen atoms in total. The number of pyridine rings is 1. The van der Waals surface area contributed by atoms with Crippen LogP contribution in [0.25, 0.3) is 21.9 Å². The predicted molar refractivity (Wildman–Crippen MR) is 111 cm³/mol. The van der Waals surface area contributed by atoms with Gasteiger partial charge in [-0.25, -0.2) is 13.8 Å². The number of alkyl halides is 2. The topological polar surface area (TPSA) is 110 Å². The van der Waals surface area contributed by atoms with E-state index in [0.717, 1.165) is 28.0 Å². The maximum Gasteiger partial charge on any atom is 0.291 e. The number of fused-ring (bicyclic) bond motifs is 1. The molecule has 0 bridgehead atoms. The summed E-state index contributed by atoms with van der Waals surface area (Å²) in [7, 11) is 3.75. The highest BCUT2D eigenvalue weighted by atomic mass is 32.1. The molecular weight excluding hydrogens is 422 g/mol. The maximum absolute atomic E-state index is 12.8. The van der Waals surface area contributed by atoms with Crippen LogP contribution in [0.2, 0.25) is 0 Å². The van der Waals surface area contributed by atoms with Gasteiger partial charge in [0.25, 0.3) is 6.43 Å². The Kier molecular flexibility index (Phi) is 8.19. The number of hydroxylamine groups is 2. The molecule has 0 radical (unpaired) electrons. The van der Waals surface area contributed by atoms with Crippen molar-refractivity contribution in [1.29, 1.82) is 0 Å². The highest BCUT2D eigenvalue weighted by Crippen LogP contribution is 2.33. The van der Waals surface area contributed by atoms with Crippen LogP contribution < -0.4 is 5.32 Å². The van der Waals surface area contributed by atoms with Gasteiger partial charge in [0.15, 0.2) is 15.8 Å². The van der Waals surface area contributed by atoms with E-state index in [9.17, 15) is 14.0 Å². The molecule has 4 rings (SSSR count). The van der Waals surface area contributed by atoms with E-state index >= 15 is 0 Å². The van der Waals surface area contributed by atoms with Gasteiger partial charge in [-0.3, -0.25) is 4.40 Å². The molecule has 3 aromatic rings. The van der Waals surface area contributed by atoms with Crippen molar-refractivity contribution in [2.24, 2.45) is 0 Å². The molecule has 0 fully saturated rings. The van der Waals surface area contributed by atoms with Crippen molar-refractivity contribution in [2.75, 3.05) is 27.2 Å². The SMILES string of the molecule is CNC.O.ON1CC=C(c2cc(S)cn3c(-c4nnc(C(F)F)s4)ncc23)CC1. The van der Waals surface area contributed by atoms with E-state index in [4.69, 9.17) is 0 Å². The summed E-state index contributed by atoms with van der Waals surface area (Å²) in [5, 5.41) is 20.9. The number of rotatable bonds is 3. The second kappa shape index (κ2) is 10.2. The van der Waals surface area contributed by atoms with Crippen molar-refractivity contribution >= 4 is 35.1 Å². The van der Waals surface area contributed by atoms with Crippen LogP contribution in [-0.4, -0.2) is 62.5 Å². The fraction of sp³-hybridized carbons (Fsp3) is 0.353. The molecule has 0 saturated heterocycles. The Morgan fingerprint density at radius 3 is 2.62 bits per heavy atom. The summed E-state index contributed by atoms with van der Waals surface area (Å²) in [6, 6.07) is 1.94. The van der Waals surface area contributed by atoms with Crippen LogP contribution in [0.4, 0.5) is 8.78 Å². The van der Waals surface area contributed by atoms with Crippen molar-refractivity contribution < 1.29 is 19.5 Å². The minimum Gasteiger partial charge on any atom is -0.412 e. The van der Waals surface area contributed by atoms with Crippen LogP contribution in [-0.2, 0) is 0 Å². The molecule has 0 aliphatic carbocycles. The first kappa shape index (κ1) is 23.3. The van der Waals surface area contributed by atoms with E-state index in [2.05, 4.69) is 33.1 Å². The van der Waals surface area contributed by atoms with Gasteiger partial charge < -0.3 is 16.0 Å². The number of imidazole rings is 1. The molecule has 158 valence electrons. The predicted octanol–water partition coefficient (Wildman–Crippen LogP) is 2.57. The van der Waals surface area contributed by atoms with E-state index in [1.54, 1.807) is 16.8 Å². The first-order chi connectivity index (χ1) is 13.4. The molecule has 1 aliphatic rings. The third kappa shape index (κ3) is 5.15. The van der Waals surface area contributed by atoms with Gasteiger partial charge in [-0.2, -0.15) is 5.06 Å². The van der Waals surface area contributed by atoms with Gasteiger partial charge in [-0.15, -0.1) is 22.8 Å². The molecule has 4 heterocycles. The molecule has 0 saturated carbocycles. The van der Waals surface area contributed by atoms with Crippen molar-refractivity contribution in [1.82, 2.24) is 30.0 Å². The number of halogens is 2. The molecular formula is C17H22F2N6O2S2. The smallest absolute Gasteiger partial charge is 0.291 e. The molecule has 1 aliphatic heterocycles. The van der Waals surface area contributed by atoms with E-state index in [1.807, 2.05) is 26.2 Å². The Bertz CT molecular complexity index is 992. The van der Waals surface area contributed by atoms with Gasteiger partial charge in [0.1, 0.15) is 0 Å². The van der Waals surface area contributed by atoms with Crippen molar-refractivity contribution in [3.8, 4) is 10.8 Å².